The number of hydrogen-bond donors (Lipinski definition) is 0. The Kier molecular flexibility index (Phi) is 8.45. The summed E-state index contributed by atoms with van der Waals surface area (Å²) in [4.78, 5) is 4.86. The van der Waals surface area contributed by atoms with Gasteiger partial charge in [0.2, 0.25) is 0 Å². The Morgan fingerprint density at radius 2 is 1.38 bits per heavy atom. The maximum absolute atomic E-state index is 6.40. The van der Waals surface area contributed by atoms with Crippen LogP contribution >= 0.6 is 0 Å². The zero-order valence-electron chi connectivity index (χ0n) is 26.9. The molecule has 1 atom stereocenters. The normalized spacial score (nSPS) is 13.4. The van der Waals surface area contributed by atoms with Gasteiger partial charge in [0, 0.05) is 35.4 Å². The Labute approximate surface area is 296 Å². The molecule has 1 aliphatic rings. The zero-order valence-corrected chi connectivity index (χ0v) is 29.2. The molecule has 48 heavy (non-hydrogen) atoms. The first kappa shape index (κ1) is 31.5. The second kappa shape index (κ2) is 12.9. The number of rotatable bonds is 6. The standard InChI is InChI=1S/C43H33N3O.Pt/c1-43(2,3)33-22-23-44-41(24-33)42-39-15-8-7-14-37(39)38-21-20-36(26-40(38)42)47-35-13-9-12-34(25-35)46-28-32(27-45-46)31-18-16-30(17-19-31)29-10-5-4-6-11-29;/h4-24,27-28,42H,1-3H3;/q-2;+2. The summed E-state index contributed by atoms with van der Waals surface area (Å²) in [6.07, 6.45) is 5.83. The predicted octanol–water partition coefficient (Wildman–Crippen LogP) is 10.4. The third-order valence-corrected chi connectivity index (χ3v) is 8.87. The Morgan fingerprint density at radius 1 is 0.667 bits per heavy atom. The topological polar surface area (TPSA) is 39.9 Å². The summed E-state index contributed by atoms with van der Waals surface area (Å²) < 4.78 is 8.23. The van der Waals surface area contributed by atoms with Gasteiger partial charge in [-0.15, -0.1) is 41.5 Å². The van der Waals surface area contributed by atoms with Crippen LogP contribution in [-0.4, -0.2) is 14.8 Å². The van der Waals surface area contributed by atoms with Crippen LogP contribution < -0.4 is 4.74 Å². The van der Waals surface area contributed by atoms with Crippen LogP contribution in [-0.2, 0) is 26.5 Å². The van der Waals surface area contributed by atoms with Crippen molar-refractivity contribution in [1.82, 2.24) is 14.8 Å². The monoisotopic (exact) mass is 802 g/mol. The molecule has 2 heterocycles. The van der Waals surface area contributed by atoms with E-state index in [1.54, 1.807) is 0 Å². The van der Waals surface area contributed by atoms with Crippen LogP contribution in [0.15, 0.2) is 140 Å². The summed E-state index contributed by atoms with van der Waals surface area (Å²) >= 11 is 0. The molecule has 0 N–H and O–H groups in total. The fourth-order valence-electron chi connectivity index (χ4n) is 6.38. The summed E-state index contributed by atoms with van der Waals surface area (Å²) in [5.41, 5.74) is 12.3. The van der Waals surface area contributed by atoms with Crippen molar-refractivity contribution < 1.29 is 25.8 Å². The van der Waals surface area contributed by atoms with Gasteiger partial charge in [0.15, 0.2) is 0 Å². The van der Waals surface area contributed by atoms with Gasteiger partial charge in [0.05, 0.1) is 11.9 Å². The Bertz CT molecular complexity index is 2210. The molecular formula is C43H33N3OPt. The predicted molar refractivity (Wildman–Crippen MR) is 188 cm³/mol. The molecule has 8 rings (SSSR count). The van der Waals surface area contributed by atoms with Crippen LogP contribution in [0, 0.1) is 12.1 Å². The molecule has 0 aliphatic heterocycles. The zero-order chi connectivity index (χ0) is 32.0. The SMILES string of the molecule is CC(C)(C)c1ccnc(C2c3[c-]c(Oc4[c-]c(-n5cc(-c6ccc(-c7ccccc7)cc6)cn5)ccc4)ccc3-c3ccccc32)c1.[Pt+2]. The van der Waals surface area contributed by atoms with Crippen molar-refractivity contribution in [3.63, 3.8) is 0 Å². The van der Waals surface area contributed by atoms with E-state index in [4.69, 9.17) is 9.72 Å². The second-order valence-corrected chi connectivity index (χ2v) is 13.0. The third kappa shape index (κ3) is 6.05. The quantitative estimate of drug-likeness (QED) is 0.157. The molecular weight excluding hydrogens is 770 g/mol. The van der Waals surface area contributed by atoms with Crippen molar-refractivity contribution in [3.8, 4) is 50.6 Å². The van der Waals surface area contributed by atoms with Crippen molar-refractivity contribution in [2.24, 2.45) is 0 Å². The molecule has 0 saturated heterocycles. The molecule has 0 spiro atoms. The first-order valence-electron chi connectivity index (χ1n) is 15.9. The Balaban J connectivity index is 0.00000364. The smallest absolute Gasteiger partial charge is 0.509 e. The van der Waals surface area contributed by atoms with E-state index in [9.17, 15) is 0 Å². The summed E-state index contributed by atoms with van der Waals surface area (Å²) in [6.45, 7) is 6.70. The average Bonchev–Trinajstić information content (AvgIpc) is 3.72. The summed E-state index contributed by atoms with van der Waals surface area (Å²) in [5.74, 6) is 1.22. The largest absolute Gasteiger partial charge is 2.00 e. The number of hydrogen-bond acceptors (Lipinski definition) is 3. The molecule has 7 aromatic rings. The Hall–Kier alpha value is -5.05. The van der Waals surface area contributed by atoms with Gasteiger partial charge in [-0.25, -0.2) is 0 Å². The third-order valence-electron chi connectivity index (χ3n) is 8.87. The van der Waals surface area contributed by atoms with E-state index in [0.29, 0.717) is 11.5 Å². The van der Waals surface area contributed by atoms with Gasteiger partial charge < -0.3 is 4.74 Å². The van der Waals surface area contributed by atoms with E-state index in [1.165, 1.54) is 33.4 Å². The van der Waals surface area contributed by atoms with Gasteiger partial charge in [-0.3, -0.25) is 9.67 Å². The first-order valence-corrected chi connectivity index (χ1v) is 15.9. The van der Waals surface area contributed by atoms with Crippen molar-refractivity contribution in [1.29, 1.82) is 0 Å². The van der Waals surface area contributed by atoms with Gasteiger partial charge >= 0.3 is 21.1 Å². The molecule has 1 aliphatic carbocycles. The van der Waals surface area contributed by atoms with Crippen molar-refractivity contribution in [2.45, 2.75) is 32.1 Å². The van der Waals surface area contributed by atoms with E-state index < -0.39 is 0 Å². The molecule has 1 unspecified atom stereocenters. The summed E-state index contributed by atoms with van der Waals surface area (Å²) in [5, 5.41) is 4.64. The number of nitrogens with zero attached hydrogens (tertiary/aromatic N) is 3. The molecule has 0 amide bonds. The molecule has 0 fully saturated rings. The maximum atomic E-state index is 6.40. The number of ether oxygens (including phenoxy) is 1. The van der Waals surface area contributed by atoms with Gasteiger partial charge in [-0.1, -0.05) is 105 Å². The molecule has 5 aromatic carbocycles. The van der Waals surface area contributed by atoms with E-state index in [1.807, 2.05) is 53.6 Å². The number of benzene rings is 5. The fraction of sp³-hybridized carbons (Fsp3) is 0.116. The van der Waals surface area contributed by atoms with Crippen LogP contribution in [0.5, 0.6) is 11.5 Å². The van der Waals surface area contributed by atoms with Crippen molar-refractivity contribution >= 4 is 0 Å². The minimum atomic E-state index is -0.0217. The number of pyridine rings is 1. The van der Waals surface area contributed by atoms with E-state index in [-0.39, 0.29) is 32.4 Å². The van der Waals surface area contributed by atoms with Crippen molar-refractivity contribution in [2.75, 3.05) is 0 Å². The number of fused-ring (bicyclic) bond motifs is 3. The molecule has 0 radical (unpaired) electrons. The van der Waals surface area contributed by atoms with Crippen molar-refractivity contribution in [3.05, 3.63) is 174 Å². The van der Waals surface area contributed by atoms with Crippen LogP contribution in [0.1, 0.15) is 49.1 Å². The van der Waals surface area contributed by atoms with Crippen LogP contribution in [0.3, 0.4) is 0 Å². The molecule has 0 bridgehead atoms. The van der Waals surface area contributed by atoms with E-state index >= 15 is 0 Å². The number of aromatic nitrogens is 3. The second-order valence-electron chi connectivity index (χ2n) is 13.0. The molecule has 2 aromatic heterocycles. The van der Waals surface area contributed by atoms with Crippen LogP contribution in [0.25, 0.3) is 39.1 Å². The van der Waals surface area contributed by atoms with Gasteiger partial charge in [-0.2, -0.15) is 17.2 Å². The molecule has 236 valence electrons. The Morgan fingerprint density at radius 3 is 2.17 bits per heavy atom. The molecule has 5 heteroatoms. The van der Waals surface area contributed by atoms with Gasteiger partial charge in [0.25, 0.3) is 0 Å². The fourth-order valence-corrected chi connectivity index (χ4v) is 6.38. The maximum Gasteiger partial charge on any atom is 2.00 e. The summed E-state index contributed by atoms with van der Waals surface area (Å²) in [6, 6.07) is 48.9. The minimum Gasteiger partial charge on any atom is -0.509 e. The molecule has 0 saturated carbocycles. The van der Waals surface area contributed by atoms with E-state index in [0.717, 1.165) is 28.1 Å². The van der Waals surface area contributed by atoms with E-state index in [2.05, 4.69) is 129 Å². The van der Waals surface area contributed by atoms with Gasteiger partial charge in [0.1, 0.15) is 0 Å². The minimum absolute atomic E-state index is 0. The van der Waals surface area contributed by atoms with Crippen LogP contribution in [0.2, 0.25) is 0 Å². The van der Waals surface area contributed by atoms with Crippen LogP contribution in [0.4, 0.5) is 0 Å². The molecule has 4 nitrogen and oxygen atoms in total. The summed E-state index contributed by atoms with van der Waals surface area (Å²) in [7, 11) is 0. The first-order chi connectivity index (χ1) is 22.9. The average molecular weight is 803 g/mol. The van der Waals surface area contributed by atoms with Gasteiger partial charge in [-0.05, 0) is 51.1 Å².